The van der Waals surface area contributed by atoms with Gasteiger partial charge in [-0.25, -0.2) is 36.2 Å². The number of hydrogen-bond donors (Lipinski definition) is 0. The SMILES string of the molecule is C=CC(=O)OC(c1c(F)c(F)c(F)c(F)c1F)(c1c(Cl)c(Cl)c(Cl)c(Cl)c1Cl)C(F)(F)OC(F)(F)C(F)(F)OC(F)(F)C(F)(F)F. The van der Waals surface area contributed by atoms with Crippen LogP contribution in [0, 0.1) is 29.1 Å². The number of esters is 1. The van der Waals surface area contributed by atoms with E-state index in [-0.39, 0.29) is 6.08 Å². The second-order valence-corrected chi connectivity index (χ2v) is 9.86. The Kier molecular flexibility index (Phi) is 11.1. The Morgan fingerprint density at radius 3 is 1.20 bits per heavy atom. The second-order valence-electron chi connectivity index (χ2n) is 7.97. The molecule has 0 amide bonds. The second kappa shape index (κ2) is 12.7. The molecule has 0 fully saturated rings. The maximum absolute atomic E-state index is 16.0. The highest BCUT2D eigenvalue weighted by atomic mass is 35.5. The van der Waals surface area contributed by atoms with Crippen molar-refractivity contribution >= 4 is 64.0 Å². The third-order valence-electron chi connectivity index (χ3n) is 5.14. The van der Waals surface area contributed by atoms with Gasteiger partial charge in [0.15, 0.2) is 23.3 Å². The van der Waals surface area contributed by atoms with E-state index in [4.69, 9.17) is 58.0 Å². The average molecular weight is 800 g/mol. The van der Waals surface area contributed by atoms with E-state index in [2.05, 4.69) is 16.1 Å². The normalized spacial score (nSPS) is 14.7. The first kappa shape index (κ1) is 40.1. The molecule has 0 saturated heterocycles. The van der Waals surface area contributed by atoms with Crippen LogP contribution in [-0.2, 0) is 24.6 Å². The predicted octanol–water partition coefficient (Wildman–Crippen LogP) is 10.6. The summed E-state index contributed by atoms with van der Waals surface area (Å²) in [6, 6.07) is 0. The molecule has 46 heavy (non-hydrogen) atoms. The molecule has 0 saturated carbocycles. The molecule has 25 heteroatoms. The van der Waals surface area contributed by atoms with Gasteiger partial charge < -0.3 is 4.74 Å². The van der Waals surface area contributed by atoms with Crippen LogP contribution in [-0.4, -0.2) is 36.6 Å². The van der Waals surface area contributed by atoms with Crippen molar-refractivity contribution in [1.82, 2.24) is 0 Å². The van der Waals surface area contributed by atoms with Crippen molar-refractivity contribution in [3.8, 4) is 0 Å². The fraction of sp³-hybridized carbons (Fsp3) is 0.286. The zero-order valence-electron chi connectivity index (χ0n) is 20.4. The number of benzene rings is 2. The first-order valence-corrected chi connectivity index (χ1v) is 12.2. The van der Waals surface area contributed by atoms with Gasteiger partial charge in [0.2, 0.25) is 5.82 Å². The van der Waals surface area contributed by atoms with E-state index >= 15 is 17.6 Å². The number of halogens is 21. The number of hydrogen-bond acceptors (Lipinski definition) is 4. The van der Waals surface area contributed by atoms with Crippen LogP contribution in [0.3, 0.4) is 0 Å². The third-order valence-corrected chi connectivity index (χ3v) is 7.41. The molecule has 0 N–H and O–H groups in total. The van der Waals surface area contributed by atoms with Gasteiger partial charge in [0, 0.05) is 11.6 Å². The molecule has 0 aliphatic rings. The van der Waals surface area contributed by atoms with Gasteiger partial charge in [-0.2, -0.15) is 48.3 Å². The monoisotopic (exact) mass is 798 g/mol. The van der Waals surface area contributed by atoms with Crippen LogP contribution in [0.1, 0.15) is 11.1 Å². The van der Waals surface area contributed by atoms with Gasteiger partial charge in [-0.05, 0) is 0 Å². The Morgan fingerprint density at radius 2 is 0.848 bits per heavy atom. The van der Waals surface area contributed by atoms with E-state index in [1.165, 1.54) is 0 Å². The minimum Gasteiger partial charge on any atom is -0.436 e. The van der Waals surface area contributed by atoms with E-state index in [9.17, 15) is 57.5 Å². The van der Waals surface area contributed by atoms with Crippen molar-refractivity contribution in [2.75, 3.05) is 0 Å². The lowest BCUT2D eigenvalue weighted by Gasteiger charge is -2.42. The zero-order chi connectivity index (χ0) is 36.3. The highest BCUT2D eigenvalue weighted by Crippen LogP contribution is 2.59. The molecule has 2 aromatic rings. The lowest BCUT2D eigenvalue weighted by molar-refractivity contribution is -0.543. The van der Waals surface area contributed by atoms with Gasteiger partial charge in [0.1, 0.15) is 0 Å². The van der Waals surface area contributed by atoms with Crippen LogP contribution in [0.15, 0.2) is 12.7 Å². The first-order chi connectivity index (χ1) is 20.5. The van der Waals surface area contributed by atoms with E-state index in [0.717, 1.165) is 0 Å². The minimum atomic E-state index is -7.58. The first-order valence-electron chi connectivity index (χ1n) is 10.3. The van der Waals surface area contributed by atoms with Crippen LogP contribution in [0.4, 0.5) is 70.2 Å². The summed E-state index contributed by atoms with van der Waals surface area (Å²) >= 11 is 28.3. The minimum absolute atomic E-state index is 0.308. The molecule has 0 radical (unpaired) electrons. The number of carbonyl (C=O) groups excluding carboxylic acids is 1. The summed E-state index contributed by atoms with van der Waals surface area (Å²) in [4.78, 5) is 12.2. The molecule has 0 bridgehead atoms. The lowest BCUT2D eigenvalue weighted by atomic mass is 9.83. The van der Waals surface area contributed by atoms with E-state index in [1.54, 1.807) is 4.74 Å². The molecule has 2 rings (SSSR count). The van der Waals surface area contributed by atoms with Crippen LogP contribution in [0.5, 0.6) is 0 Å². The fourth-order valence-electron chi connectivity index (χ4n) is 3.17. The van der Waals surface area contributed by atoms with Crippen molar-refractivity contribution in [2.24, 2.45) is 0 Å². The Balaban J connectivity index is 3.27. The third kappa shape index (κ3) is 6.49. The summed E-state index contributed by atoms with van der Waals surface area (Å²) in [5.41, 5.74) is -11.6. The van der Waals surface area contributed by atoms with Gasteiger partial charge in [-0.3, -0.25) is 0 Å². The molecule has 0 aliphatic heterocycles. The average Bonchev–Trinajstić information content (AvgIpc) is 2.90. The largest absolute Gasteiger partial charge is 0.483 e. The number of carbonyl (C=O) groups is 1. The van der Waals surface area contributed by atoms with Gasteiger partial charge >= 0.3 is 36.6 Å². The van der Waals surface area contributed by atoms with Crippen LogP contribution in [0.25, 0.3) is 0 Å². The standard InChI is InChI=1S/C21H3Cl5F16O4/c1-2-3(43)44-16(4-6(22)8(24)10(26)9(25)7(4)23,5-11(27)13(29)15(31)14(30)12(5)28)18(35,36)45-20(39,40)21(41,42)46-19(37,38)17(32,33)34/h2H,1H2. The lowest BCUT2D eigenvalue weighted by Crippen LogP contribution is -2.60. The molecule has 0 aromatic heterocycles. The Bertz CT molecular complexity index is 1450. The number of alkyl halides is 11. The summed E-state index contributed by atoms with van der Waals surface area (Å²) in [5.74, 6) is -19.4. The van der Waals surface area contributed by atoms with Crippen molar-refractivity contribution < 1.29 is 89.3 Å². The molecule has 0 heterocycles. The molecule has 258 valence electrons. The van der Waals surface area contributed by atoms with Crippen LogP contribution < -0.4 is 0 Å². The molecule has 0 spiro atoms. The van der Waals surface area contributed by atoms with Crippen molar-refractivity contribution in [3.63, 3.8) is 0 Å². The Hall–Kier alpha value is -2.10. The summed E-state index contributed by atoms with van der Waals surface area (Å²) in [7, 11) is 0. The van der Waals surface area contributed by atoms with E-state index < -0.39 is 108 Å². The summed E-state index contributed by atoms with van der Waals surface area (Å²) < 4.78 is 233. The number of rotatable bonds is 10. The molecule has 0 aliphatic carbocycles. The van der Waals surface area contributed by atoms with Gasteiger partial charge in [0.05, 0.1) is 30.7 Å². The topological polar surface area (TPSA) is 44.8 Å². The molecule has 1 atom stereocenters. The van der Waals surface area contributed by atoms with E-state index in [1.807, 2.05) is 0 Å². The van der Waals surface area contributed by atoms with Gasteiger partial charge in [0.25, 0.3) is 5.60 Å². The summed E-state index contributed by atoms with van der Waals surface area (Å²) in [6.07, 6.45) is -37.1. The van der Waals surface area contributed by atoms with Crippen molar-refractivity contribution in [3.05, 3.63) is 78.0 Å². The van der Waals surface area contributed by atoms with E-state index in [0.29, 0.717) is 0 Å². The summed E-state index contributed by atoms with van der Waals surface area (Å²) in [5, 5.41) is -7.74. The van der Waals surface area contributed by atoms with Crippen LogP contribution >= 0.6 is 58.0 Å². The quantitative estimate of drug-likeness (QED) is 0.0790. The smallest absolute Gasteiger partial charge is 0.436 e. The molecule has 4 nitrogen and oxygen atoms in total. The number of ether oxygens (including phenoxy) is 3. The predicted molar refractivity (Wildman–Crippen MR) is 123 cm³/mol. The highest BCUT2D eigenvalue weighted by molar-refractivity contribution is 6.55. The van der Waals surface area contributed by atoms with Gasteiger partial charge in [-0.15, -0.1) is 0 Å². The maximum atomic E-state index is 16.0. The fourth-order valence-corrected chi connectivity index (χ4v) is 4.57. The molecule has 1 unspecified atom stereocenters. The highest BCUT2D eigenvalue weighted by Gasteiger charge is 2.76. The van der Waals surface area contributed by atoms with Gasteiger partial charge in [-0.1, -0.05) is 64.6 Å². The Labute approximate surface area is 267 Å². The van der Waals surface area contributed by atoms with Crippen molar-refractivity contribution in [2.45, 2.75) is 36.2 Å². The van der Waals surface area contributed by atoms with Crippen molar-refractivity contribution in [1.29, 1.82) is 0 Å². The summed E-state index contributed by atoms with van der Waals surface area (Å²) in [6.45, 7) is 2.61. The zero-order valence-corrected chi connectivity index (χ0v) is 24.1. The molecular formula is C21H3Cl5F16O4. The maximum Gasteiger partial charge on any atom is 0.483 e. The Morgan fingerprint density at radius 1 is 0.522 bits per heavy atom. The molecule has 2 aromatic carbocycles. The molecular weight excluding hydrogens is 797 g/mol. The van der Waals surface area contributed by atoms with Crippen LogP contribution in [0.2, 0.25) is 25.1 Å².